The predicted octanol–water partition coefficient (Wildman–Crippen LogP) is 11.4. The number of carboxylic acid groups (broad SMARTS) is 1. The van der Waals surface area contributed by atoms with Gasteiger partial charge in [-0.2, -0.15) is 9.58 Å². The Morgan fingerprint density at radius 2 is 1.40 bits per heavy atom. The molecule has 1 saturated heterocycles. The van der Waals surface area contributed by atoms with Crippen molar-refractivity contribution in [1.29, 1.82) is 0 Å². The van der Waals surface area contributed by atoms with Crippen molar-refractivity contribution in [2.75, 3.05) is 42.5 Å². The van der Waals surface area contributed by atoms with Crippen LogP contribution in [0.5, 0.6) is 11.5 Å². The summed E-state index contributed by atoms with van der Waals surface area (Å²) >= 11 is 6.25. The van der Waals surface area contributed by atoms with Crippen LogP contribution in [0.4, 0.5) is 25.9 Å². The summed E-state index contributed by atoms with van der Waals surface area (Å²) in [7, 11) is 0. The average Bonchev–Trinajstić information content (AvgIpc) is 3.54. The van der Waals surface area contributed by atoms with Gasteiger partial charge in [-0.1, -0.05) is 49.2 Å². The van der Waals surface area contributed by atoms with Crippen molar-refractivity contribution >= 4 is 63.8 Å². The molecule has 0 saturated carbocycles. The quantitative estimate of drug-likeness (QED) is 0.168. The number of aromatic carboxylic acids is 1. The first-order chi connectivity index (χ1) is 29.3. The Balaban J connectivity index is 1.35. The molecule has 6 rings (SSSR count). The number of anilines is 2. The van der Waals surface area contributed by atoms with E-state index in [-0.39, 0.29) is 39.2 Å². The minimum absolute atomic E-state index is 0.000629. The van der Waals surface area contributed by atoms with E-state index >= 15 is 0 Å². The Hall–Kier alpha value is -5.60. The third-order valence-corrected chi connectivity index (χ3v) is 10.8. The number of benzene rings is 3. The number of fused-ring (bicyclic) bond motifs is 1. The summed E-state index contributed by atoms with van der Waals surface area (Å²) in [6.07, 6.45) is -0.00385. The van der Waals surface area contributed by atoms with Gasteiger partial charge in [0.2, 0.25) is 0 Å². The number of hydrogen-bond acceptors (Lipinski definition) is 11. The van der Waals surface area contributed by atoms with Crippen molar-refractivity contribution in [2.24, 2.45) is 5.41 Å². The van der Waals surface area contributed by atoms with E-state index in [1.54, 1.807) is 86.6 Å². The third kappa shape index (κ3) is 11.7. The minimum atomic E-state index is -1.23. The van der Waals surface area contributed by atoms with Crippen LogP contribution in [0, 0.1) is 5.41 Å². The zero-order valence-electron chi connectivity index (χ0n) is 38.3. The molecule has 1 aliphatic carbocycles. The van der Waals surface area contributed by atoms with Crippen LogP contribution < -0.4 is 14.5 Å². The Kier molecular flexibility index (Phi) is 13.3. The maximum atomic E-state index is 13.9. The molecule has 1 aliphatic heterocycles. The minimum Gasteiger partial charge on any atom is -0.478 e. The normalized spacial score (nSPS) is 16.2. The van der Waals surface area contributed by atoms with E-state index in [1.165, 1.54) is 28.8 Å². The summed E-state index contributed by atoms with van der Waals surface area (Å²) in [5, 5.41) is 15.6. The fraction of sp³-hybridized carbons (Fsp3) is 0.479. The van der Waals surface area contributed by atoms with Crippen LogP contribution in [-0.2, 0) is 14.2 Å². The molecule has 0 atom stereocenters. The van der Waals surface area contributed by atoms with Gasteiger partial charge in [-0.15, -0.1) is 5.10 Å². The van der Waals surface area contributed by atoms with E-state index in [4.69, 9.17) is 30.5 Å². The van der Waals surface area contributed by atoms with Gasteiger partial charge in [0.05, 0.1) is 10.9 Å². The predicted molar refractivity (Wildman–Crippen MR) is 244 cm³/mol. The van der Waals surface area contributed by atoms with Gasteiger partial charge in [-0.3, -0.25) is 4.90 Å². The summed E-state index contributed by atoms with van der Waals surface area (Å²) < 4.78 is 24.4. The summed E-state index contributed by atoms with van der Waals surface area (Å²) in [6.45, 7) is 23.3. The number of allylic oxidation sites excluding steroid dienone is 1. The van der Waals surface area contributed by atoms with Crippen molar-refractivity contribution < 1.29 is 43.2 Å². The van der Waals surface area contributed by atoms with Gasteiger partial charge in [-0.05, 0) is 135 Å². The molecule has 338 valence electrons. The standard InChI is InChI=1S/C48H60ClN5O9/c1-45(2,3)61-42(57)53(43(58)62-46(4,5)6)40-39-36(54(50-40)44(59)63-47(7,8)9)13-12-14-37(39)60-38-27-33(19-20-34(38)41(55)56)52-25-23-51(24-26-52)29-31-21-22-48(10,11)28-35(31)30-15-17-32(49)18-16-30/h12-20,27H,21-26,28-29H2,1-11H3,(H,55,56). The zero-order valence-corrected chi connectivity index (χ0v) is 39.0. The van der Waals surface area contributed by atoms with Crippen molar-refractivity contribution in [2.45, 2.75) is 112 Å². The van der Waals surface area contributed by atoms with Crippen LogP contribution in [0.3, 0.4) is 0 Å². The number of piperazine rings is 1. The second kappa shape index (κ2) is 17.9. The Morgan fingerprint density at radius 1 is 0.794 bits per heavy atom. The molecule has 0 radical (unpaired) electrons. The van der Waals surface area contributed by atoms with Gasteiger partial charge in [0.1, 0.15) is 33.9 Å². The van der Waals surface area contributed by atoms with Crippen molar-refractivity contribution in [3.05, 3.63) is 82.4 Å². The highest BCUT2D eigenvalue weighted by Gasteiger charge is 2.38. The van der Waals surface area contributed by atoms with Crippen molar-refractivity contribution in [3.8, 4) is 11.5 Å². The van der Waals surface area contributed by atoms with Crippen LogP contribution in [0.1, 0.15) is 111 Å². The van der Waals surface area contributed by atoms with Crippen molar-refractivity contribution in [3.63, 3.8) is 0 Å². The third-order valence-electron chi connectivity index (χ3n) is 10.5. The van der Waals surface area contributed by atoms with Crippen LogP contribution in [-0.4, -0.2) is 93.6 Å². The first-order valence-corrected chi connectivity index (χ1v) is 21.7. The second-order valence-corrected chi connectivity index (χ2v) is 20.4. The highest BCUT2D eigenvalue weighted by atomic mass is 35.5. The zero-order chi connectivity index (χ0) is 46.2. The molecule has 1 N–H and O–H groups in total. The number of carbonyl (C=O) groups excluding carboxylic acids is 3. The van der Waals surface area contributed by atoms with Gasteiger partial charge < -0.3 is 29.0 Å². The molecule has 2 aliphatic rings. The maximum absolute atomic E-state index is 13.9. The Bertz CT molecular complexity index is 2380. The van der Waals surface area contributed by atoms with Gasteiger partial charge >= 0.3 is 24.2 Å². The number of amides is 2. The molecule has 3 aromatic carbocycles. The molecule has 15 heteroatoms. The molecule has 14 nitrogen and oxygen atoms in total. The summed E-state index contributed by atoms with van der Waals surface area (Å²) in [5.74, 6) is -1.59. The topological polar surface area (TPSA) is 153 Å². The van der Waals surface area contributed by atoms with Crippen LogP contribution in [0.2, 0.25) is 5.02 Å². The lowest BCUT2D eigenvalue weighted by Gasteiger charge is -2.39. The van der Waals surface area contributed by atoms with E-state index < -0.39 is 41.1 Å². The molecular weight excluding hydrogens is 826 g/mol. The molecule has 2 amide bonds. The summed E-state index contributed by atoms with van der Waals surface area (Å²) in [5.41, 5.74) is 1.96. The largest absolute Gasteiger partial charge is 0.478 e. The van der Waals surface area contributed by atoms with E-state index in [0.717, 1.165) is 54.3 Å². The number of carboxylic acids is 1. The lowest BCUT2D eigenvalue weighted by Crippen LogP contribution is -2.47. The fourth-order valence-electron chi connectivity index (χ4n) is 7.65. The van der Waals surface area contributed by atoms with Gasteiger partial charge in [0, 0.05) is 49.5 Å². The van der Waals surface area contributed by atoms with Crippen LogP contribution in [0.25, 0.3) is 16.5 Å². The van der Waals surface area contributed by atoms with E-state index in [2.05, 4.69) is 40.9 Å². The monoisotopic (exact) mass is 885 g/mol. The Labute approximate surface area is 374 Å². The molecule has 63 heavy (non-hydrogen) atoms. The number of rotatable bonds is 8. The molecule has 1 aromatic heterocycles. The smallest absolute Gasteiger partial charge is 0.435 e. The number of halogens is 1. The molecule has 0 bridgehead atoms. The highest BCUT2D eigenvalue weighted by Crippen LogP contribution is 2.44. The molecular formula is C48H60ClN5O9. The SMILES string of the molecule is CC1(C)CCC(CN2CCN(c3ccc(C(=O)O)c(Oc4cccc5c4c(N(C(=O)OC(C)(C)C)C(=O)OC(C)(C)C)nn5C(=O)OC(C)(C)C)c3)CC2)=C(c2ccc(Cl)cc2)C1. The average molecular weight is 886 g/mol. The molecule has 0 spiro atoms. The first kappa shape index (κ1) is 46.9. The maximum Gasteiger partial charge on any atom is 0.435 e. The lowest BCUT2D eigenvalue weighted by molar-refractivity contribution is 0.0420. The molecule has 2 heterocycles. The van der Waals surface area contributed by atoms with E-state index in [1.807, 2.05) is 12.1 Å². The molecule has 0 unspecified atom stereocenters. The number of aromatic nitrogens is 2. The Morgan fingerprint density at radius 3 is 1.97 bits per heavy atom. The van der Waals surface area contributed by atoms with Gasteiger partial charge in [0.15, 0.2) is 5.82 Å². The fourth-order valence-corrected chi connectivity index (χ4v) is 7.78. The molecule has 4 aromatic rings. The number of carbonyl (C=O) groups is 4. The van der Waals surface area contributed by atoms with E-state index in [0.29, 0.717) is 18.0 Å². The summed E-state index contributed by atoms with van der Waals surface area (Å²) in [4.78, 5) is 59.5. The number of ether oxygens (including phenoxy) is 4. The summed E-state index contributed by atoms with van der Waals surface area (Å²) in [6, 6.07) is 17.7. The number of hydrogen-bond donors (Lipinski definition) is 1. The van der Waals surface area contributed by atoms with E-state index in [9.17, 15) is 24.3 Å². The van der Waals surface area contributed by atoms with Crippen LogP contribution >= 0.6 is 11.6 Å². The molecule has 1 fully saturated rings. The second-order valence-electron chi connectivity index (χ2n) is 19.9. The van der Waals surface area contributed by atoms with Gasteiger partial charge in [-0.25, -0.2) is 19.2 Å². The lowest BCUT2D eigenvalue weighted by atomic mass is 9.72. The number of imide groups is 1. The van der Waals surface area contributed by atoms with Gasteiger partial charge in [0.25, 0.3) is 0 Å². The first-order valence-electron chi connectivity index (χ1n) is 21.3. The highest BCUT2D eigenvalue weighted by molar-refractivity contribution is 6.30. The van der Waals surface area contributed by atoms with Crippen LogP contribution in [0.15, 0.2) is 66.2 Å². The number of nitrogens with zero attached hydrogens (tertiary/aromatic N) is 5. The van der Waals surface area contributed by atoms with Crippen molar-refractivity contribution in [1.82, 2.24) is 14.7 Å².